The van der Waals surface area contributed by atoms with Gasteiger partial charge >= 0.3 is 0 Å². The lowest BCUT2D eigenvalue weighted by atomic mass is 9.91. The summed E-state index contributed by atoms with van der Waals surface area (Å²) >= 11 is 0. The Morgan fingerprint density at radius 3 is 2.48 bits per heavy atom. The van der Waals surface area contributed by atoms with E-state index in [0.717, 1.165) is 22.0 Å². The predicted molar refractivity (Wildman–Crippen MR) is 111 cm³/mol. The third kappa shape index (κ3) is 4.46. The minimum Gasteiger partial charge on any atom is -0.484 e. The van der Waals surface area contributed by atoms with Gasteiger partial charge in [0.1, 0.15) is 11.6 Å². The smallest absolute Gasteiger partial charge is 0.257 e. The molecule has 4 nitrogen and oxygen atoms in total. The Bertz CT molecular complexity index is 1090. The zero-order chi connectivity index (χ0) is 20.1. The molecule has 0 bridgehead atoms. The molecule has 0 radical (unpaired) electrons. The SMILES string of the molecule is O=C(COc1ccc(F)cc1)NCC(c1ccccc1)c1c[nH]c2ccccc12. The van der Waals surface area contributed by atoms with Crippen molar-refractivity contribution in [1.82, 2.24) is 10.3 Å². The first-order valence-electron chi connectivity index (χ1n) is 9.47. The Morgan fingerprint density at radius 1 is 0.966 bits per heavy atom. The van der Waals surface area contributed by atoms with Gasteiger partial charge in [-0.3, -0.25) is 4.79 Å². The summed E-state index contributed by atoms with van der Waals surface area (Å²) in [6, 6.07) is 23.8. The Labute approximate surface area is 168 Å². The van der Waals surface area contributed by atoms with Gasteiger partial charge in [-0.25, -0.2) is 4.39 Å². The van der Waals surface area contributed by atoms with E-state index in [9.17, 15) is 9.18 Å². The molecule has 4 aromatic rings. The van der Waals surface area contributed by atoms with Crippen LogP contribution in [0.15, 0.2) is 85.1 Å². The molecule has 1 heterocycles. The third-order valence-corrected chi connectivity index (χ3v) is 4.89. The molecule has 0 aliphatic rings. The van der Waals surface area contributed by atoms with E-state index < -0.39 is 0 Å². The number of halogens is 1. The van der Waals surface area contributed by atoms with Crippen molar-refractivity contribution < 1.29 is 13.9 Å². The average Bonchev–Trinajstić information content (AvgIpc) is 3.18. The van der Waals surface area contributed by atoms with E-state index in [4.69, 9.17) is 4.74 Å². The van der Waals surface area contributed by atoms with Crippen LogP contribution < -0.4 is 10.1 Å². The van der Waals surface area contributed by atoms with E-state index in [2.05, 4.69) is 28.5 Å². The van der Waals surface area contributed by atoms with Crippen LogP contribution in [0.1, 0.15) is 17.0 Å². The first-order chi connectivity index (χ1) is 14.2. The molecule has 1 atom stereocenters. The van der Waals surface area contributed by atoms with Gasteiger partial charge in [0.2, 0.25) is 0 Å². The van der Waals surface area contributed by atoms with Crippen LogP contribution in [0.25, 0.3) is 10.9 Å². The lowest BCUT2D eigenvalue weighted by Crippen LogP contribution is -2.32. The first kappa shape index (κ1) is 18.7. The molecule has 0 fully saturated rings. The molecular weight excluding hydrogens is 367 g/mol. The van der Waals surface area contributed by atoms with Gasteiger partial charge < -0.3 is 15.0 Å². The summed E-state index contributed by atoms with van der Waals surface area (Å²) < 4.78 is 18.4. The van der Waals surface area contributed by atoms with Crippen LogP contribution in [0.2, 0.25) is 0 Å². The van der Waals surface area contributed by atoms with Crippen LogP contribution in [0, 0.1) is 5.82 Å². The van der Waals surface area contributed by atoms with Gasteiger partial charge in [0, 0.05) is 29.6 Å². The number of para-hydroxylation sites is 1. The number of hydrogen-bond acceptors (Lipinski definition) is 2. The number of aromatic nitrogens is 1. The lowest BCUT2D eigenvalue weighted by Gasteiger charge is -2.18. The van der Waals surface area contributed by atoms with E-state index in [1.165, 1.54) is 24.3 Å². The zero-order valence-corrected chi connectivity index (χ0v) is 15.8. The largest absolute Gasteiger partial charge is 0.484 e. The topological polar surface area (TPSA) is 54.1 Å². The van der Waals surface area contributed by atoms with Crippen LogP contribution in [0.5, 0.6) is 5.75 Å². The number of carbonyl (C=O) groups is 1. The fourth-order valence-corrected chi connectivity index (χ4v) is 3.42. The highest BCUT2D eigenvalue weighted by Crippen LogP contribution is 2.30. The summed E-state index contributed by atoms with van der Waals surface area (Å²) in [5.74, 6) is -0.110. The molecule has 1 unspecified atom stereocenters. The minimum atomic E-state index is -0.341. The van der Waals surface area contributed by atoms with Crippen molar-refractivity contribution in [2.45, 2.75) is 5.92 Å². The van der Waals surface area contributed by atoms with Crippen LogP contribution >= 0.6 is 0 Å². The summed E-state index contributed by atoms with van der Waals surface area (Å²) in [5.41, 5.74) is 3.32. The monoisotopic (exact) mass is 388 g/mol. The maximum Gasteiger partial charge on any atom is 0.257 e. The fraction of sp³-hybridized carbons (Fsp3) is 0.125. The van der Waals surface area contributed by atoms with Crippen molar-refractivity contribution in [3.63, 3.8) is 0 Å². The maximum absolute atomic E-state index is 13.0. The Morgan fingerprint density at radius 2 is 1.69 bits per heavy atom. The van der Waals surface area contributed by atoms with Gasteiger partial charge in [-0.05, 0) is 41.5 Å². The molecule has 5 heteroatoms. The molecule has 0 aliphatic heterocycles. The molecule has 29 heavy (non-hydrogen) atoms. The average molecular weight is 388 g/mol. The molecule has 0 saturated heterocycles. The molecule has 0 saturated carbocycles. The van der Waals surface area contributed by atoms with Crippen LogP contribution in [0.4, 0.5) is 4.39 Å². The highest BCUT2D eigenvalue weighted by atomic mass is 19.1. The highest BCUT2D eigenvalue weighted by Gasteiger charge is 2.19. The van der Waals surface area contributed by atoms with Crippen molar-refractivity contribution in [3.8, 4) is 5.75 Å². The predicted octanol–water partition coefficient (Wildman–Crippen LogP) is 4.63. The van der Waals surface area contributed by atoms with Crippen LogP contribution in [0.3, 0.4) is 0 Å². The van der Waals surface area contributed by atoms with Gasteiger partial charge in [-0.15, -0.1) is 0 Å². The first-order valence-corrected chi connectivity index (χ1v) is 9.47. The van der Waals surface area contributed by atoms with Crippen LogP contribution in [-0.2, 0) is 4.79 Å². The second-order valence-electron chi connectivity index (χ2n) is 6.80. The standard InChI is InChI=1S/C24H21FN2O2/c25-18-10-12-19(13-11-18)29-16-24(28)27-14-21(17-6-2-1-3-7-17)22-15-26-23-9-5-4-8-20(22)23/h1-13,15,21,26H,14,16H2,(H,27,28). The second kappa shape index (κ2) is 8.61. The minimum absolute atomic E-state index is 0.00196. The lowest BCUT2D eigenvalue weighted by molar-refractivity contribution is -0.123. The fourth-order valence-electron chi connectivity index (χ4n) is 3.42. The van der Waals surface area contributed by atoms with Gasteiger partial charge in [-0.1, -0.05) is 48.5 Å². The van der Waals surface area contributed by atoms with Crippen LogP contribution in [-0.4, -0.2) is 24.0 Å². The summed E-state index contributed by atoms with van der Waals surface area (Å²) in [7, 11) is 0. The summed E-state index contributed by atoms with van der Waals surface area (Å²) in [6.07, 6.45) is 2.00. The molecule has 0 aliphatic carbocycles. The molecule has 1 amide bonds. The Hall–Kier alpha value is -3.60. The molecule has 0 spiro atoms. The van der Waals surface area contributed by atoms with Gasteiger partial charge in [0.05, 0.1) is 0 Å². The van der Waals surface area contributed by atoms with Crippen molar-refractivity contribution in [2.75, 3.05) is 13.2 Å². The zero-order valence-electron chi connectivity index (χ0n) is 15.8. The van der Waals surface area contributed by atoms with E-state index in [1.807, 2.05) is 42.6 Å². The van der Waals surface area contributed by atoms with E-state index in [-0.39, 0.29) is 24.2 Å². The van der Waals surface area contributed by atoms with Crippen molar-refractivity contribution >= 4 is 16.8 Å². The van der Waals surface area contributed by atoms with Gasteiger partial charge in [0.25, 0.3) is 5.91 Å². The normalized spacial score (nSPS) is 11.9. The molecular formula is C24H21FN2O2. The maximum atomic E-state index is 13.0. The van der Waals surface area contributed by atoms with E-state index >= 15 is 0 Å². The second-order valence-corrected chi connectivity index (χ2v) is 6.80. The van der Waals surface area contributed by atoms with E-state index in [0.29, 0.717) is 12.3 Å². The Kier molecular flexibility index (Phi) is 5.56. The number of benzene rings is 3. The van der Waals surface area contributed by atoms with Gasteiger partial charge in [-0.2, -0.15) is 0 Å². The van der Waals surface area contributed by atoms with Crippen molar-refractivity contribution in [1.29, 1.82) is 0 Å². The number of carbonyl (C=O) groups excluding carboxylic acids is 1. The summed E-state index contributed by atoms with van der Waals surface area (Å²) in [6.45, 7) is 0.318. The molecule has 4 rings (SSSR count). The summed E-state index contributed by atoms with van der Waals surface area (Å²) in [4.78, 5) is 15.6. The number of rotatable bonds is 7. The highest BCUT2D eigenvalue weighted by molar-refractivity contribution is 5.84. The molecule has 1 aromatic heterocycles. The quantitative estimate of drug-likeness (QED) is 0.485. The van der Waals surface area contributed by atoms with E-state index in [1.54, 1.807) is 0 Å². The molecule has 3 aromatic carbocycles. The number of ether oxygens (including phenoxy) is 1. The number of fused-ring (bicyclic) bond motifs is 1. The number of hydrogen-bond donors (Lipinski definition) is 2. The number of amides is 1. The van der Waals surface area contributed by atoms with Gasteiger partial charge in [0.15, 0.2) is 6.61 Å². The van der Waals surface area contributed by atoms with Crippen molar-refractivity contribution in [3.05, 3.63) is 102 Å². The molecule has 146 valence electrons. The Balaban J connectivity index is 1.47. The molecule has 2 N–H and O–H groups in total. The number of H-pyrrole nitrogens is 1. The summed E-state index contributed by atoms with van der Waals surface area (Å²) in [5, 5.41) is 4.10. The van der Waals surface area contributed by atoms with Crippen molar-refractivity contribution in [2.24, 2.45) is 0 Å². The third-order valence-electron chi connectivity index (χ3n) is 4.89. The number of nitrogens with one attached hydrogen (secondary N) is 2. The number of aromatic amines is 1.